The molecule has 4 heteroatoms. The standard InChI is InChI=1S/C18H24N4/c1-17(2)8-12(9-18(3,4)10-17)11-5-6-13-14(7-11)21-16(20)22-15(13)19/h5-8H,9-10H2,1-4H3,(H4,19,20,21,22). The Morgan fingerprint density at radius 1 is 1.05 bits per heavy atom. The highest BCUT2D eigenvalue weighted by Gasteiger charge is 2.33. The van der Waals surface area contributed by atoms with Crippen LogP contribution in [-0.4, -0.2) is 9.97 Å². The Kier molecular flexibility index (Phi) is 3.17. The molecule has 0 unspecified atom stereocenters. The van der Waals surface area contributed by atoms with Crippen molar-refractivity contribution in [3.63, 3.8) is 0 Å². The molecule has 0 bridgehead atoms. The fourth-order valence-electron chi connectivity index (χ4n) is 3.94. The number of nitrogens with zero attached hydrogens (tertiary/aromatic N) is 2. The van der Waals surface area contributed by atoms with Crippen LogP contribution in [0.5, 0.6) is 0 Å². The fourth-order valence-corrected chi connectivity index (χ4v) is 3.94. The summed E-state index contributed by atoms with van der Waals surface area (Å²) in [5.41, 5.74) is 15.5. The molecule has 22 heavy (non-hydrogen) atoms. The third-order valence-corrected chi connectivity index (χ3v) is 4.28. The van der Waals surface area contributed by atoms with E-state index < -0.39 is 0 Å². The molecule has 0 atom stereocenters. The van der Waals surface area contributed by atoms with E-state index in [-0.39, 0.29) is 11.4 Å². The summed E-state index contributed by atoms with van der Waals surface area (Å²) in [7, 11) is 0. The molecule has 0 radical (unpaired) electrons. The van der Waals surface area contributed by atoms with Crippen LogP contribution < -0.4 is 11.5 Å². The van der Waals surface area contributed by atoms with Crippen LogP contribution >= 0.6 is 0 Å². The van der Waals surface area contributed by atoms with Crippen LogP contribution in [0.25, 0.3) is 16.5 Å². The van der Waals surface area contributed by atoms with Crippen molar-refractivity contribution in [1.29, 1.82) is 0 Å². The number of benzene rings is 1. The lowest BCUT2D eigenvalue weighted by atomic mass is 9.66. The highest BCUT2D eigenvalue weighted by atomic mass is 15.0. The van der Waals surface area contributed by atoms with Crippen LogP contribution in [0.4, 0.5) is 11.8 Å². The summed E-state index contributed by atoms with van der Waals surface area (Å²) in [5.74, 6) is 0.660. The van der Waals surface area contributed by atoms with Crippen LogP contribution in [0.15, 0.2) is 24.3 Å². The van der Waals surface area contributed by atoms with Crippen molar-refractivity contribution in [2.24, 2.45) is 10.8 Å². The third-order valence-electron chi connectivity index (χ3n) is 4.28. The molecule has 116 valence electrons. The quantitative estimate of drug-likeness (QED) is 0.833. The van der Waals surface area contributed by atoms with Crippen LogP contribution in [0.1, 0.15) is 46.1 Å². The molecule has 0 saturated carbocycles. The monoisotopic (exact) mass is 296 g/mol. The van der Waals surface area contributed by atoms with E-state index in [9.17, 15) is 0 Å². The number of hydrogen-bond donors (Lipinski definition) is 2. The normalized spacial score (nSPS) is 19.9. The van der Waals surface area contributed by atoms with E-state index in [1.807, 2.05) is 6.07 Å². The molecule has 1 aliphatic rings. The van der Waals surface area contributed by atoms with Crippen molar-refractivity contribution in [2.75, 3.05) is 11.5 Å². The van der Waals surface area contributed by atoms with Gasteiger partial charge in [0.15, 0.2) is 0 Å². The van der Waals surface area contributed by atoms with Gasteiger partial charge in [0, 0.05) is 5.39 Å². The zero-order valence-corrected chi connectivity index (χ0v) is 13.8. The lowest BCUT2D eigenvalue weighted by Crippen LogP contribution is -2.26. The second kappa shape index (κ2) is 4.70. The first-order chi connectivity index (χ1) is 10.2. The van der Waals surface area contributed by atoms with Gasteiger partial charge in [0.1, 0.15) is 5.82 Å². The van der Waals surface area contributed by atoms with Gasteiger partial charge in [-0.1, -0.05) is 39.8 Å². The summed E-state index contributed by atoms with van der Waals surface area (Å²) in [6.07, 6.45) is 4.66. The Balaban J connectivity index is 2.12. The molecule has 0 fully saturated rings. The van der Waals surface area contributed by atoms with Gasteiger partial charge in [0.05, 0.1) is 5.52 Å². The second-order valence-electron chi connectivity index (χ2n) is 7.87. The number of nitrogen functional groups attached to an aromatic ring is 2. The van der Waals surface area contributed by atoms with E-state index >= 15 is 0 Å². The van der Waals surface area contributed by atoms with E-state index in [4.69, 9.17) is 11.5 Å². The van der Waals surface area contributed by atoms with E-state index in [1.165, 1.54) is 17.6 Å². The smallest absolute Gasteiger partial charge is 0.222 e. The number of fused-ring (bicyclic) bond motifs is 1. The van der Waals surface area contributed by atoms with Crippen molar-refractivity contribution in [1.82, 2.24) is 9.97 Å². The van der Waals surface area contributed by atoms with Gasteiger partial charge in [-0.15, -0.1) is 0 Å². The highest BCUT2D eigenvalue weighted by Crippen LogP contribution is 2.47. The number of nitrogens with two attached hydrogens (primary N) is 2. The molecule has 4 N–H and O–H groups in total. The lowest BCUT2D eigenvalue weighted by molar-refractivity contribution is 0.229. The largest absolute Gasteiger partial charge is 0.383 e. The lowest BCUT2D eigenvalue weighted by Gasteiger charge is -2.39. The number of anilines is 2. The number of allylic oxidation sites excluding steroid dienone is 2. The molecule has 2 aromatic rings. The summed E-state index contributed by atoms with van der Waals surface area (Å²) < 4.78 is 0. The molecule has 1 aromatic carbocycles. The van der Waals surface area contributed by atoms with Gasteiger partial charge >= 0.3 is 0 Å². The highest BCUT2D eigenvalue weighted by molar-refractivity contribution is 5.91. The first kappa shape index (κ1) is 14.8. The summed E-state index contributed by atoms with van der Waals surface area (Å²) in [5, 5.41) is 0.855. The fraction of sp³-hybridized carbons (Fsp3) is 0.444. The van der Waals surface area contributed by atoms with Crippen LogP contribution in [0.3, 0.4) is 0 Å². The number of hydrogen-bond acceptors (Lipinski definition) is 4. The van der Waals surface area contributed by atoms with E-state index in [0.717, 1.165) is 17.3 Å². The topological polar surface area (TPSA) is 77.8 Å². The van der Waals surface area contributed by atoms with Gasteiger partial charge < -0.3 is 11.5 Å². The predicted octanol–water partition coefficient (Wildman–Crippen LogP) is 4.02. The van der Waals surface area contributed by atoms with E-state index in [2.05, 4.69) is 55.9 Å². The molecular formula is C18H24N4. The Morgan fingerprint density at radius 3 is 2.45 bits per heavy atom. The van der Waals surface area contributed by atoms with Gasteiger partial charge in [-0.05, 0) is 46.9 Å². The molecule has 1 heterocycles. The molecule has 3 rings (SSSR count). The Bertz CT molecular complexity index is 772. The minimum absolute atomic E-state index is 0.204. The minimum atomic E-state index is 0.204. The molecule has 0 amide bonds. The molecule has 1 aliphatic carbocycles. The molecular weight excluding hydrogens is 272 g/mol. The second-order valence-corrected chi connectivity index (χ2v) is 7.87. The summed E-state index contributed by atoms with van der Waals surface area (Å²) in [6, 6.07) is 6.18. The zero-order valence-electron chi connectivity index (χ0n) is 13.8. The molecule has 0 spiro atoms. The van der Waals surface area contributed by atoms with Crippen molar-refractivity contribution < 1.29 is 0 Å². The summed E-state index contributed by atoms with van der Waals surface area (Å²) >= 11 is 0. The molecule has 4 nitrogen and oxygen atoms in total. The Hall–Kier alpha value is -2.10. The van der Waals surface area contributed by atoms with E-state index in [1.54, 1.807) is 0 Å². The number of rotatable bonds is 1. The molecule has 0 saturated heterocycles. The van der Waals surface area contributed by atoms with Crippen molar-refractivity contribution in [3.8, 4) is 0 Å². The molecule has 0 aliphatic heterocycles. The maximum absolute atomic E-state index is 5.93. The van der Waals surface area contributed by atoms with Gasteiger partial charge in [0.25, 0.3) is 0 Å². The van der Waals surface area contributed by atoms with Crippen LogP contribution in [0.2, 0.25) is 0 Å². The SMILES string of the molecule is CC1(C)C=C(c2ccc3c(N)nc(N)nc3c2)CC(C)(C)C1. The first-order valence-electron chi connectivity index (χ1n) is 7.70. The van der Waals surface area contributed by atoms with Gasteiger partial charge in [-0.25, -0.2) is 4.98 Å². The average molecular weight is 296 g/mol. The van der Waals surface area contributed by atoms with Crippen molar-refractivity contribution in [3.05, 3.63) is 29.8 Å². The Labute approximate surface area is 131 Å². The minimum Gasteiger partial charge on any atom is -0.383 e. The first-order valence-corrected chi connectivity index (χ1v) is 7.70. The predicted molar refractivity (Wildman–Crippen MR) is 93.1 cm³/mol. The average Bonchev–Trinajstić information content (AvgIpc) is 2.34. The van der Waals surface area contributed by atoms with E-state index in [0.29, 0.717) is 11.2 Å². The van der Waals surface area contributed by atoms with Crippen molar-refractivity contribution in [2.45, 2.75) is 40.5 Å². The maximum atomic E-state index is 5.93. The van der Waals surface area contributed by atoms with Gasteiger partial charge in [-0.2, -0.15) is 4.98 Å². The third kappa shape index (κ3) is 2.78. The summed E-state index contributed by atoms with van der Waals surface area (Å²) in [6.45, 7) is 9.27. The maximum Gasteiger partial charge on any atom is 0.222 e. The van der Waals surface area contributed by atoms with Crippen LogP contribution in [-0.2, 0) is 0 Å². The number of aromatic nitrogens is 2. The zero-order chi connectivity index (χ0) is 16.1. The Morgan fingerprint density at radius 2 is 1.77 bits per heavy atom. The van der Waals surface area contributed by atoms with Gasteiger partial charge in [-0.3, -0.25) is 0 Å². The van der Waals surface area contributed by atoms with Crippen LogP contribution in [0, 0.1) is 10.8 Å². The molecule has 1 aromatic heterocycles. The van der Waals surface area contributed by atoms with Gasteiger partial charge in [0.2, 0.25) is 5.95 Å². The summed E-state index contributed by atoms with van der Waals surface area (Å²) in [4.78, 5) is 8.34. The van der Waals surface area contributed by atoms with Crippen molar-refractivity contribution >= 4 is 28.2 Å².